The van der Waals surface area contributed by atoms with E-state index >= 15 is 0 Å². The lowest BCUT2D eigenvalue weighted by Gasteiger charge is -2.26. The number of para-hydroxylation sites is 1. The van der Waals surface area contributed by atoms with Crippen LogP contribution in [0.25, 0.3) is 11.0 Å². The number of rotatable bonds is 8. The first-order valence-electron chi connectivity index (χ1n) is 11.4. The van der Waals surface area contributed by atoms with Gasteiger partial charge in [-0.05, 0) is 35.2 Å². The molecule has 174 valence electrons. The van der Waals surface area contributed by atoms with E-state index < -0.39 is 0 Å². The van der Waals surface area contributed by atoms with Gasteiger partial charge in [-0.2, -0.15) is 0 Å². The number of benzene rings is 2. The van der Waals surface area contributed by atoms with Crippen LogP contribution in [0.1, 0.15) is 25.0 Å². The molecule has 1 aromatic heterocycles. The molecule has 1 saturated heterocycles. The fourth-order valence-corrected chi connectivity index (χ4v) is 4.29. The van der Waals surface area contributed by atoms with E-state index in [1.807, 2.05) is 41.3 Å². The third-order valence-corrected chi connectivity index (χ3v) is 5.78. The van der Waals surface area contributed by atoms with E-state index in [0.717, 1.165) is 34.5 Å². The molecule has 3 aromatic rings. The van der Waals surface area contributed by atoms with Gasteiger partial charge in [0.05, 0.1) is 37.4 Å². The van der Waals surface area contributed by atoms with Crippen molar-refractivity contribution in [2.24, 2.45) is 5.92 Å². The number of ether oxygens (including phenoxy) is 2. The molecule has 2 heterocycles. The zero-order valence-electron chi connectivity index (χ0n) is 19.6. The van der Waals surface area contributed by atoms with E-state index in [1.165, 1.54) is 0 Å². The maximum Gasteiger partial charge on any atom is 0.236 e. The van der Waals surface area contributed by atoms with Crippen molar-refractivity contribution in [2.45, 2.75) is 33.1 Å². The number of carbonyl (C=O) groups excluding carboxylic acids is 1. The molecule has 0 saturated carbocycles. The summed E-state index contributed by atoms with van der Waals surface area (Å²) in [5.74, 6) is 1.35. The average Bonchev–Trinajstić information content (AvgIpc) is 2.95. The Morgan fingerprint density at radius 1 is 1.09 bits per heavy atom. The van der Waals surface area contributed by atoms with Gasteiger partial charge in [-0.1, -0.05) is 38.1 Å². The highest BCUT2D eigenvalue weighted by molar-refractivity contribution is 5.79. The Labute approximate surface area is 195 Å². The number of hydrogen-bond donors (Lipinski definition) is 0. The van der Waals surface area contributed by atoms with Crippen molar-refractivity contribution in [3.63, 3.8) is 0 Å². The normalized spacial score (nSPS) is 17.5. The minimum Gasteiger partial charge on any atom is -0.497 e. The van der Waals surface area contributed by atoms with Crippen LogP contribution in [0.5, 0.6) is 5.75 Å². The lowest BCUT2D eigenvalue weighted by Crippen LogP contribution is -2.40. The molecule has 0 N–H and O–H groups in total. The number of aromatic nitrogens is 2. The molecule has 4 rings (SSSR count). The second kappa shape index (κ2) is 10.7. The third kappa shape index (κ3) is 6.06. The zero-order chi connectivity index (χ0) is 23.2. The summed E-state index contributed by atoms with van der Waals surface area (Å²) in [4.78, 5) is 26.2. The SMILES string of the molecule is COc1cccc(COC2CN(Cc3cccc4nccnc34)CC(=O)N(CC(C)C)C2)c1. The van der Waals surface area contributed by atoms with E-state index in [0.29, 0.717) is 38.7 Å². The molecule has 2 aromatic carbocycles. The fourth-order valence-electron chi connectivity index (χ4n) is 4.29. The standard InChI is InChI=1S/C26H32N4O3/c1-19(2)13-30-16-23(33-18-20-6-4-8-22(12-20)32-3)15-29(17-25(30)31)14-21-7-5-9-24-26(21)28-11-10-27-24/h4-12,19,23H,13-18H2,1-3H3. The Balaban J connectivity index is 1.52. The largest absolute Gasteiger partial charge is 0.497 e. The molecule has 1 aliphatic rings. The van der Waals surface area contributed by atoms with Crippen LogP contribution in [0.2, 0.25) is 0 Å². The Morgan fingerprint density at radius 3 is 2.73 bits per heavy atom. The predicted octanol–water partition coefficient (Wildman–Crippen LogP) is 3.52. The van der Waals surface area contributed by atoms with Crippen molar-refractivity contribution in [3.05, 3.63) is 66.0 Å². The molecule has 1 atom stereocenters. The van der Waals surface area contributed by atoms with Gasteiger partial charge in [-0.25, -0.2) is 0 Å². The summed E-state index contributed by atoms with van der Waals surface area (Å²) < 4.78 is 11.7. The van der Waals surface area contributed by atoms with Crippen LogP contribution in [0.3, 0.4) is 0 Å². The molecular formula is C26H32N4O3. The van der Waals surface area contributed by atoms with Gasteiger partial charge >= 0.3 is 0 Å². The van der Waals surface area contributed by atoms with Crippen LogP contribution < -0.4 is 4.74 Å². The van der Waals surface area contributed by atoms with Crippen LogP contribution in [0, 0.1) is 5.92 Å². The lowest BCUT2D eigenvalue weighted by atomic mass is 10.1. The second-order valence-corrected chi connectivity index (χ2v) is 8.99. The maximum absolute atomic E-state index is 13.1. The highest BCUT2D eigenvalue weighted by Crippen LogP contribution is 2.20. The van der Waals surface area contributed by atoms with E-state index in [2.05, 4.69) is 34.8 Å². The first-order chi connectivity index (χ1) is 16.0. The Hall–Kier alpha value is -3.03. The van der Waals surface area contributed by atoms with Gasteiger partial charge in [0.1, 0.15) is 5.75 Å². The second-order valence-electron chi connectivity index (χ2n) is 8.99. The topological polar surface area (TPSA) is 67.8 Å². The van der Waals surface area contributed by atoms with Gasteiger partial charge in [0.15, 0.2) is 0 Å². The highest BCUT2D eigenvalue weighted by Gasteiger charge is 2.29. The van der Waals surface area contributed by atoms with Crippen molar-refractivity contribution in [2.75, 3.05) is 33.3 Å². The van der Waals surface area contributed by atoms with Crippen molar-refractivity contribution in [3.8, 4) is 5.75 Å². The number of amides is 1. The predicted molar refractivity (Wildman–Crippen MR) is 128 cm³/mol. The maximum atomic E-state index is 13.1. The van der Waals surface area contributed by atoms with E-state index in [9.17, 15) is 4.79 Å². The van der Waals surface area contributed by atoms with E-state index in [1.54, 1.807) is 19.5 Å². The molecular weight excluding hydrogens is 416 g/mol. The number of carbonyl (C=O) groups is 1. The van der Waals surface area contributed by atoms with Crippen LogP contribution >= 0.6 is 0 Å². The first kappa shape index (κ1) is 23.1. The van der Waals surface area contributed by atoms with E-state index in [-0.39, 0.29) is 12.0 Å². The summed E-state index contributed by atoms with van der Waals surface area (Å²) in [5, 5.41) is 0. The van der Waals surface area contributed by atoms with Crippen LogP contribution in [-0.4, -0.2) is 65.1 Å². The highest BCUT2D eigenvalue weighted by atomic mass is 16.5. The minimum absolute atomic E-state index is 0.0949. The molecule has 1 unspecified atom stereocenters. The minimum atomic E-state index is -0.0949. The van der Waals surface area contributed by atoms with Gasteiger partial charge in [0, 0.05) is 38.6 Å². The van der Waals surface area contributed by atoms with Gasteiger partial charge in [0.2, 0.25) is 5.91 Å². The summed E-state index contributed by atoms with van der Waals surface area (Å²) >= 11 is 0. The van der Waals surface area contributed by atoms with Gasteiger partial charge < -0.3 is 14.4 Å². The Bertz CT molecular complexity index is 1080. The quantitative estimate of drug-likeness (QED) is 0.525. The molecule has 0 aliphatic carbocycles. The zero-order valence-corrected chi connectivity index (χ0v) is 19.6. The number of fused-ring (bicyclic) bond motifs is 1. The molecule has 7 heteroatoms. The summed E-state index contributed by atoms with van der Waals surface area (Å²) in [7, 11) is 1.66. The summed E-state index contributed by atoms with van der Waals surface area (Å²) in [6, 6.07) is 13.9. The number of nitrogens with zero attached hydrogens (tertiary/aromatic N) is 4. The smallest absolute Gasteiger partial charge is 0.236 e. The van der Waals surface area contributed by atoms with Crippen molar-refractivity contribution < 1.29 is 14.3 Å². The first-order valence-corrected chi connectivity index (χ1v) is 11.4. The summed E-state index contributed by atoms with van der Waals surface area (Å²) in [5.41, 5.74) is 3.86. The molecule has 0 spiro atoms. The monoisotopic (exact) mass is 448 g/mol. The van der Waals surface area contributed by atoms with Crippen molar-refractivity contribution in [1.82, 2.24) is 19.8 Å². The fraction of sp³-hybridized carbons (Fsp3) is 0.423. The van der Waals surface area contributed by atoms with Crippen molar-refractivity contribution in [1.29, 1.82) is 0 Å². The number of hydrogen-bond acceptors (Lipinski definition) is 6. The molecule has 7 nitrogen and oxygen atoms in total. The summed E-state index contributed by atoms with van der Waals surface area (Å²) in [6.07, 6.45) is 3.32. The lowest BCUT2D eigenvalue weighted by molar-refractivity contribution is -0.132. The molecule has 1 fully saturated rings. The summed E-state index contributed by atoms with van der Waals surface area (Å²) in [6.45, 7) is 7.71. The molecule has 1 aliphatic heterocycles. The molecule has 1 amide bonds. The van der Waals surface area contributed by atoms with Crippen LogP contribution in [0.4, 0.5) is 0 Å². The van der Waals surface area contributed by atoms with E-state index in [4.69, 9.17) is 9.47 Å². The Morgan fingerprint density at radius 2 is 1.91 bits per heavy atom. The third-order valence-electron chi connectivity index (χ3n) is 5.78. The van der Waals surface area contributed by atoms with Gasteiger partial charge in [0.25, 0.3) is 0 Å². The van der Waals surface area contributed by atoms with Gasteiger partial charge in [-0.3, -0.25) is 19.7 Å². The average molecular weight is 449 g/mol. The molecule has 0 bridgehead atoms. The van der Waals surface area contributed by atoms with Crippen LogP contribution in [0.15, 0.2) is 54.9 Å². The van der Waals surface area contributed by atoms with Gasteiger partial charge in [-0.15, -0.1) is 0 Å². The molecule has 0 radical (unpaired) electrons. The molecule has 33 heavy (non-hydrogen) atoms. The van der Waals surface area contributed by atoms with Crippen molar-refractivity contribution >= 4 is 16.9 Å². The number of methoxy groups -OCH3 is 1. The van der Waals surface area contributed by atoms with Crippen LogP contribution in [-0.2, 0) is 22.7 Å². The Kier molecular flexibility index (Phi) is 7.52.